The number of nitrogens with zero attached hydrogens (tertiary/aromatic N) is 4. The number of imidazole rings is 1. The van der Waals surface area contributed by atoms with Crippen molar-refractivity contribution in [3.63, 3.8) is 0 Å². The van der Waals surface area contributed by atoms with Gasteiger partial charge in [-0.3, -0.25) is 14.7 Å². The zero-order valence-corrected chi connectivity index (χ0v) is 22.3. The van der Waals surface area contributed by atoms with Crippen molar-refractivity contribution in [3.05, 3.63) is 83.8 Å². The Kier molecular flexibility index (Phi) is 7.23. The molecule has 6 nitrogen and oxygen atoms in total. The second kappa shape index (κ2) is 11.1. The maximum Gasteiger partial charge on any atom is 0.252 e. The van der Waals surface area contributed by atoms with Gasteiger partial charge in [-0.05, 0) is 69.7 Å². The fourth-order valence-corrected chi connectivity index (χ4v) is 6.33. The summed E-state index contributed by atoms with van der Waals surface area (Å²) in [5, 5.41) is 4.23. The maximum atomic E-state index is 13.0. The molecule has 3 heterocycles. The first-order valence-corrected chi connectivity index (χ1v) is 14.2. The number of aromatic nitrogens is 3. The number of pyridine rings is 1. The number of benzene rings is 2. The lowest BCUT2D eigenvalue weighted by atomic mass is 9.84. The molecule has 0 bridgehead atoms. The molecular formula is C32H37N5O. The molecule has 0 saturated heterocycles. The summed E-state index contributed by atoms with van der Waals surface area (Å²) in [7, 11) is 0. The number of fused-ring (bicyclic) bond motifs is 2. The number of carbonyl (C=O) groups excluding carboxylic acids is 1. The van der Waals surface area contributed by atoms with Crippen LogP contribution in [0.1, 0.15) is 60.8 Å². The Labute approximate surface area is 225 Å². The molecule has 0 radical (unpaired) electrons. The van der Waals surface area contributed by atoms with Crippen LogP contribution in [0.4, 0.5) is 0 Å². The second-order valence-electron chi connectivity index (χ2n) is 10.8. The summed E-state index contributed by atoms with van der Waals surface area (Å²) in [6.07, 6.45) is 8.54. The largest absolute Gasteiger partial charge is 0.349 e. The van der Waals surface area contributed by atoms with Crippen molar-refractivity contribution >= 4 is 16.8 Å². The van der Waals surface area contributed by atoms with E-state index in [0.717, 1.165) is 73.7 Å². The number of hydrogen-bond acceptors (Lipinski definition) is 4. The van der Waals surface area contributed by atoms with Crippen LogP contribution in [-0.4, -0.2) is 44.5 Å². The van der Waals surface area contributed by atoms with Crippen molar-refractivity contribution in [2.45, 2.75) is 64.6 Å². The summed E-state index contributed by atoms with van der Waals surface area (Å²) in [6.45, 7) is 6.40. The Bertz CT molecular complexity index is 1400. The maximum absolute atomic E-state index is 13.0. The van der Waals surface area contributed by atoms with Crippen LogP contribution in [0.5, 0.6) is 0 Å². The van der Waals surface area contributed by atoms with Crippen LogP contribution in [0.2, 0.25) is 0 Å². The van der Waals surface area contributed by atoms with Crippen molar-refractivity contribution < 1.29 is 4.79 Å². The molecule has 1 fully saturated rings. The van der Waals surface area contributed by atoms with Gasteiger partial charge in [-0.25, -0.2) is 4.98 Å². The summed E-state index contributed by atoms with van der Waals surface area (Å²) >= 11 is 0. The molecule has 196 valence electrons. The quantitative estimate of drug-likeness (QED) is 0.341. The lowest BCUT2D eigenvalue weighted by molar-refractivity contribution is 0.0921. The topological polar surface area (TPSA) is 63.1 Å². The molecule has 2 aromatic heterocycles. The Morgan fingerprint density at radius 2 is 1.84 bits per heavy atom. The molecule has 1 N–H and O–H groups in total. The molecule has 1 saturated carbocycles. The van der Waals surface area contributed by atoms with Crippen LogP contribution < -0.4 is 5.32 Å². The fraction of sp³-hybridized carbons (Fsp3) is 0.406. The van der Waals surface area contributed by atoms with E-state index in [2.05, 4.69) is 57.0 Å². The minimum Gasteiger partial charge on any atom is -0.349 e. The molecule has 1 aliphatic carbocycles. The van der Waals surface area contributed by atoms with E-state index in [-0.39, 0.29) is 11.9 Å². The monoisotopic (exact) mass is 507 g/mol. The van der Waals surface area contributed by atoms with E-state index >= 15 is 0 Å². The second-order valence-corrected chi connectivity index (χ2v) is 10.8. The minimum absolute atomic E-state index is 0.0265. The first kappa shape index (κ1) is 24.8. The minimum atomic E-state index is 0.0265. The SMILES string of the molecule is CCn1c(-c2ccccc2)nc2c1CN(CCC1CCC(NC(=O)c3cccc4ncccc34)CC1)CC2. The van der Waals surface area contributed by atoms with Crippen molar-refractivity contribution in [1.29, 1.82) is 0 Å². The highest BCUT2D eigenvalue weighted by Gasteiger charge is 2.27. The van der Waals surface area contributed by atoms with Gasteiger partial charge in [-0.15, -0.1) is 0 Å². The normalized spacial score (nSPS) is 19.8. The predicted molar refractivity (Wildman–Crippen MR) is 152 cm³/mol. The van der Waals surface area contributed by atoms with E-state index in [1.165, 1.54) is 36.2 Å². The smallest absolute Gasteiger partial charge is 0.252 e. The molecule has 6 heteroatoms. The molecule has 0 unspecified atom stereocenters. The molecule has 1 aliphatic heterocycles. The highest BCUT2D eigenvalue weighted by Crippen LogP contribution is 2.30. The third-order valence-electron chi connectivity index (χ3n) is 8.47. The summed E-state index contributed by atoms with van der Waals surface area (Å²) < 4.78 is 2.41. The number of hydrogen-bond donors (Lipinski definition) is 1. The summed E-state index contributed by atoms with van der Waals surface area (Å²) in [5.41, 5.74) is 5.47. The predicted octanol–water partition coefficient (Wildman–Crippen LogP) is 5.86. The third-order valence-corrected chi connectivity index (χ3v) is 8.47. The van der Waals surface area contributed by atoms with Crippen molar-refractivity contribution in [2.75, 3.05) is 13.1 Å². The third kappa shape index (κ3) is 5.10. The summed E-state index contributed by atoms with van der Waals surface area (Å²) in [5.74, 6) is 1.88. The van der Waals surface area contributed by atoms with Crippen LogP contribution in [0.15, 0.2) is 66.9 Å². The van der Waals surface area contributed by atoms with Crippen LogP contribution >= 0.6 is 0 Å². The molecule has 0 spiro atoms. The van der Waals surface area contributed by atoms with E-state index in [1.54, 1.807) is 6.20 Å². The van der Waals surface area contributed by atoms with Gasteiger partial charge in [0.25, 0.3) is 5.91 Å². The standard InChI is InChI=1S/C32H37N5O/c1-2-37-30-22-36(21-18-29(30)35-31(37)24-8-4-3-5-9-24)20-17-23-13-15-25(16-14-23)34-32(38)27-10-6-12-28-26(27)11-7-19-33-28/h3-12,19,23,25H,2,13-18,20-22H2,1H3,(H,34,38). The Morgan fingerprint density at radius 1 is 1.00 bits per heavy atom. The van der Waals surface area contributed by atoms with E-state index < -0.39 is 0 Å². The first-order valence-electron chi connectivity index (χ1n) is 14.2. The molecule has 1 amide bonds. The van der Waals surface area contributed by atoms with Gasteiger partial charge >= 0.3 is 0 Å². The van der Waals surface area contributed by atoms with E-state index in [0.29, 0.717) is 0 Å². The number of amides is 1. The first-order chi connectivity index (χ1) is 18.7. The molecule has 2 aromatic carbocycles. The van der Waals surface area contributed by atoms with Gasteiger partial charge in [0, 0.05) is 54.8 Å². The Balaban J connectivity index is 1.01. The zero-order chi connectivity index (χ0) is 25.9. The van der Waals surface area contributed by atoms with E-state index in [9.17, 15) is 4.79 Å². The number of nitrogens with one attached hydrogen (secondary N) is 1. The highest BCUT2D eigenvalue weighted by atomic mass is 16.1. The molecule has 6 rings (SSSR count). The summed E-state index contributed by atoms with van der Waals surface area (Å²) in [6, 6.07) is 20.5. The van der Waals surface area contributed by atoms with Gasteiger partial charge in [-0.1, -0.05) is 42.5 Å². The van der Waals surface area contributed by atoms with Crippen LogP contribution in [0, 0.1) is 5.92 Å². The Hall–Kier alpha value is -3.51. The van der Waals surface area contributed by atoms with Crippen molar-refractivity contribution in [1.82, 2.24) is 24.8 Å². The lowest BCUT2D eigenvalue weighted by Crippen LogP contribution is -2.38. The number of rotatable bonds is 7. The van der Waals surface area contributed by atoms with Gasteiger partial charge < -0.3 is 9.88 Å². The van der Waals surface area contributed by atoms with Crippen molar-refractivity contribution in [3.8, 4) is 11.4 Å². The molecule has 4 aromatic rings. The Morgan fingerprint density at radius 3 is 2.66 bits per heavy atom. The summed E-state index contributed by atoms with van der Waals surface area (Å²) in [4.78, 5) is 25.1. The van der Waals surface area contributed by atoms with Gasteiger partial charge in [0.2, 0.25) is 0 Å². The average molecular weight is 508 g/mol. The van der Waals surface area contributed by atoms with Gasteiger partial charge in [0.05, 0.1) is 16.9 Å². The van der Waals surface area contributed by atoms with Crippen LogP contribution in [0.3, 0.4) is 0 Å². The lowest BCUT2D eigenvalue weighted by Gasteiger charge is -2.32. The van der Waals surface area contributed by atoms with E-state index in [4.69, 9.17) is 4.98 Å². The van der Waals surface area contributed by atoms with Gasteiger partial charge in [-0.2, -0.15) is 0 Å². The van der Waals surface area contributed by atoms with Gasteiger partial charge in [0.15, 0.2) is 0 Å². The zero-order valence-electron chi connectivity index (χ0n) is 22.3. The highest BCUT2D eigenvalue weighted by molar-refractivity contribution is 6.06. The molecule has 0 atom stereocenters. The molecule has 2 aliphatic rings. The molecular weight excluding hydrogens is 470 g/mol. The van der Waals surface area contributed by atoms with Crippen LogP contribution in [-0.2, 0) is 19.5 Å². The fourth-order valence-electron chi connectivity index (χ4n) is 6.33. The molecule has 38 heavy (non-hydrogen) atoms. The van der Waals surface area contributed by atoms with Gasteiger partial charge in [0.1, 0.15) is 5.82 Å². The van der Waals surface area contributed by atoms with E-state index in [1.807, 2.05) is 30.3 Å². The average Bonchev–Trinajstić information content (AvgIpc) is 3.35. The number of carbonyl (C=O) groups is 1. The van der Waals surface area contributed by atoms with Crippen molar-refractivity contribution in [2.24, 2.45) is 5.92 Å². The van der Waals surface area contributed by atoms with Crippen LogP contribution in [0.25, 0.3) is 22.3 Å².